The van der Waals surface area contributed by atoms with Crippen LogP contribution in [0.4, 0.5) is 5.69 Å². The average molecular weight is 349 g/mol. The van der Waals surface area contributed by atoms with E-state index in [0.717, 1.165) is 0 Å². The summed E-state index contributed by atoms with van der Waals surface area (Å²) >= 11 is 1.24. The summed E-state index contributed by atoms with van der Waals surface area (Å²) in [5.41, 5.74) is 0.803. The highest BCUT2D eigenvalue weighted by Crippen LogP contribution is 2.26. The fourth-order valence-corrected chi connectivity index (χ4v) is 2.99. The van der Waals surface area contributed by atoms with Crippen LogP contribution in [0, 0.1) is 16.0 Å². The Bertz CT molecular complexity index is 730. The number of carbonyl (C=O) groups is 1. The van der Waals surface area contributed by atoms with E-state index in [9.17, 15) is 20.0 Å². The zero-order chi connectivity index (χ0) is 17.7. The number of nitrogens with one attached hydrogen (secondary N) is 1. The zero-order valence-corrected chi connectivity index (χ0v) is 14.2. The molecule has 0 aliphatic rings. The minimum atomic E-state index is -0.594. The third-order valence-electron chi connectivity index (χ3n) is 3.28. The van der Waals surface area contributed by atoms with Crippen LogP contribution in [0.2, 0.25) is 0 Å². The van der Waals surface area contributed by atoms with E-state index >= 15 is 0 Å². The van der Waals surface area contributed by atoms with Gasteiger partial charge in [-0.1, -0.05) is 26.0 Å². The minimum absolute atomic E-state index is 0.0227. The Morgan fingerprint density at radius 1 is 1.46 bits per heavy atom. The van der Waals surface area contributed by atoms with Gasteiger partial charge in [-0.2, -0.15) is 0 Å². The van der Waals surface area contributed by atoms with Crippen molar-refractivity contribution in [2.24, 2.45) is 5.92 Å². The number of aliphatic hydroxyl groups excluding tert-OH is 1. The van der Waals surface area contributed by atoms with Crippen molar-refractivity contribution in [3.63, 3.8) is 0 Å². The fourth-order valence-electron chi connectivity index (χ4n) is 2.19. The molecule has 2 N–H and O–H groups in total. The molecular weight excluding hydrogens is 330 g/mol. The Labute approximate surface area is 143 Å². The summed E-state index contributed by atoms with van der Waals surface area (Å²) in [5.74, 6) is -0.0256. The van der Waals surface area contributed by atoms with Gasteiger partial charge in [-0.25, -0.2) is 4.98 Å². The number of nitro benzene ring substituents is 1. The molecule has 1 aromatic heterocycles. The Balaban J connectivity index is 2.03. The monoisotopic (exact) mass is 349 g/mol. The van der Waals surface area contributed by atoms with E-state index < -0.39 is 11.0 Å². The van der Waals surface area contributed by atoms with Crippen LogP contribution in [0.1, 0.15) is 30.8 Å². The average Bonchev–Trinajstić information content (AvgIpc) is 3.02. The largest absolute Gasteiger partial charge is 0.391 e. The lowest BCUT2D eigenvalue weighted by atomic mass is 10.1. The first-order chi connectivity index (χ1) is 11.4. The number of amides is 1. The lowest BCUT2D eigenvalue weighted by Gasteiger charge is -2.13. The van der Waals surface area contributed by atoms with Gasteiger partial charge in [-0.3, -0.25) is 14.9 Å². The molecule has 0 saturated heterocycles. The lowest BCUT2D eigenvalue weighted by molar-refractivity contribution is -0.384. The molecule has 0 aliphatic heterocycles. The maximum atomic E-state index is 12.1. The smallest absolute Gasteiger partial charge is 0.270 e. The van der Waals surface area contributed by atoms with E-state index in [2.05, 4.69) is 10.3 Å². The predicted octanol–water partition coefficient (Wildman–Crippen LogP) is 2.86. The van der Waals surface area contributed by atoms with Gasteiger partial charge in [0.15, 0.2) is 0 Å². The second-order valence-electron chi connectivity index (χ2n) is 5.84. The number of aromatic nitrogens is 1. The van der Waals surface area contributed by atoms with Crippen LogP contribution >= 0.6 is 11.3 Å². The van der Waals surface area contributed by atoms with Gasteiger partial charge in [-0.15, -0.1) is 11.3 Å². The normalized spacial score (nSPS) is 12.2. The van der Waals surface area contributed by atoms with Crippen LogP contribution in [-0.4, -0.2) is 33.6 Å². The third kappa shape index (κ3) is 4.84. The van der Waals surface area contributed by atoms with Gasteiger partial charge >= 0.3 is 0 Å². The van der Waals surface area contributed by atoms with Crippen molar-refractivity contribution >= 4 is 22.9 Å². The van der Waals surface area contributed by atoms with Crippen molar-refractivity contribution in [1.29, 1.82) is 0 Å². The summed E-state index contributed by atoms with van der Waals surface area (Å²) in [5, 5.41) is 25.4. The van der Waals surface area contributed by atoms with E-state index in [1.165, 1.54) is 23.5 Å². The van der Waals surface area contributed by atoms with Crippen LogP contribution < -0.4 is 5.32 Å². The third-order valence-corrected chi connectivity index (χ3v) is 4.17. The Morgan fingerprint density at radius 3 is 2.88 bits per heavy atom. The van der Waals surface area contributed by atoms with E-state index in [4.69, 9.17) is 0 Å². The highest BCUT2D eigenvalue weighted by molar-refractivity contribution is 7.13. The van der Waals surface area contributed by atoms with Crippen molar-refractivity contribution in [3.05, 3.63) is 45.5 Å². The second kappa shape index (κ2) is 7.98. The first-order valence-corrected chi connectivity index (χ1v) is 8.41. The predicted molar refractivity (Wildman–Crippen MR) is 92.0 cm³/mol. The molecule has 128 valence electrons. The molecule has 8 heteroatoms. The number of hydrogen-bond donors (Lipinski definition) is 2. The number of non-ortho nitro benzene ring substituents is 1. The van der Waals surface area contributed by atoms with Crippen LogP contribution in [-0.2, 0) is 0 Å². The summed E-state index contributed by atoms with van der Waals surface area (Å²) < 4.78 is 0. The standard InChI is InChI=1S/C16H19N3O4S/c1-10(2)6-13(20)8-17-15(21)14-9-24-16(18-14)11-4-3-5-12(7-11)19(22)23/h3-5,7,9-10,13,20H,6,8H2,1-2H3,(H,17,21). The van der Waals surface area contributed by atoms with Gasteiger partial charge < -0.3 is 10.4 Å². The van der Waals surface area contributed by atoms with Crippen molar-refractivity contribution < 1.29 is 14.8 Å². The highest BCUT2D eigenvalue weighted by atomic mass is 32.1. The molecule has 2 rings (SSSR count). The van der Waals surface area contributed by atoms with E-state index in [-0.39, 0.29) is 23.8 Å². The first-order valence-electron chi connectivity index (χ1n) is 7.53. The Kier molecular flexibility index (Phi) is 5.99. The van der Waals surface area contributed by atoms with E-state index in [1.54, 1.807) is 17.5 Å². The number of aliphatic hydroxyl groups is 1. The molecule has 7 nitrogen and oxygen atoms in total. The van der Waals surface area contributed by atoms with E-state index in [0.29, 0.717) is 22.9 Å². The molecule has 1 unspecified atom stereocenters. The fraction of sp³-hybridized carbons (Fsp3) is 0.375. The number of benzene rings is 1. The Morgan fingerprint density at radius 2 is 2.21 bits per heavy atom. The number of rotatable bonds is 7. The SMILES string of the molecule is CC(C)CC(O)CNC(=O)c1csc(-c2cccc([N+](=O)[O-])c2)n1. The summed E-state index contributed by atoms with van der Waals surface area (Å²) in [7, 11) is 0. The molecule has 1 heterocycles. The number of thiazole rings is 1. The quantitative estimate of drug-likeness (QED) is 0.590. The Hall–Kier alpha value is -2.32. The van der Waals surface area contributed by atoms with Crippen molar-refractivity contribution in [1.82, 2.24) is 10.3 Å². The van der Waals surface area contributed by atoms with Crippen molar-refractivity contribution in [2.45, 2.75) is 26.4 Å². The van der Waals surface area contributed by atoms with Crippen LogP contribution in [0.15, 0.2) is 29.6 Å². The molecule has 1 atom stereocenters. The van der Waals surface area contributed by atoms with Crippen LogP contribution in [0.5, 0.6) is 0 Å². The maximum absolute atomic E-state index is 12.1. The maximum Gasteiger partial charge on any atom is 0.270 e. The van der Waals surface area contributed by atoms with E-state index in [1.807, 2.05) is 13.8 Å². The van der Waals surface area contributed by atoms with Gasteiger partial charge in [0.2, 0.25) is 0 Å². The number of carbonyl (C=O) groups excluding carboxylic acids is 1. The lowest BCUT2D eigenvalue weighted by Crippen LogP contribution is -2.32. The molecular formula is C16H19N3O4S. The molecule has 1 amide bonds. The first kappa shape index (κ1) is 18.0. The molecule has 0 fully saturated rings. The highest BCUT2D eigenvalue weighted by Gasteiger charge is 2.15. The molecule has 2 aromatic rings. The number of nitrogens with zero attached hydrogens (tertiary/aromatic N) is 2. The minimum Gasteiger partial charge on any atom is -0.391 e. The van der Waals surface area contributed by atoms with Gasteiger partial charge in [0.25, 0.3) is 11.6 Å². The molecule has 0 radical (unpaired) electrons. The molecule has 1 aromatic carbocycles. The van der Waals surface area contributed by atoms with Crippen LogP contribution in [0.3, 0.4) is 0 Å². The van der Waals surface area contributed by atoms with Gasteiger partial charge in [0.1, 0.15) is 10.7 Å². The second-order valence-corrected chi connectivity index (χ2v) is 6.70. The summed E-state index contributed by atoms with van der Waals surface area (Å²) in [6, 6.07) is 6.12. The van der Waals surface area contributed by atoms with Crippen molar-refractivity contribution in [2.75, 3.05) is 6.54 Å². The molecule has 0 spiro atoms. The van der Waals surface area contributed by atoms with Crippen LogP contribution in [0.25, 0.3) is 10.6 Å². The van der Waals surface area contributed by atoms with Crippen molar-refractivity contribution in [3.8, 4) is 10.6 Å². The summed E-state index contributed by atoms with van der Waals surface area (Å²) in [6.07, 6.45) is 0.0137. The van der Waals surface area contributed by atoms with Gasteiger partial charge in [-0.05, 0) is 12.3 Å². The topological polar surface area (TPSA) is 105 Å². The molecule has 0 saturated carbocycles. The molecule has 24 heavy (non-hydrogen) atoms. The molecule has 0 bridgehead atoms. The number of hydrogen-bond acceptors (Lipinski definition) is 6. The number of nitro groups is 1. The molecule has 0 aliphatic carbocycles. The summed E-state index contributed by atoms with van der Waals surface area (Å²) in [4.78, 5) is 26.6. The van der Waals surface area contributed by atoms with Gasteiger partial charge in [0, 0.05) is 29.6 Å². The summed E-state index contributed by atoms with van der Waals surface area (Å²) in [6.45, 7) is 4.16. The zero-order valence-electron chi connectivity index (χ0n) is 13.4. The van der Waals surface area contributed by atoms with Gasteiger partial charge in [0.05, 0.1) is 11.0 Å².